The molecule has 0 unspecified atom stereocenters. The van der Waals surface area contributed by atoms with Crippen LogP contribution in [0, 0.1) is 0 Å². The third-order valence-corrected chi connectivity index (χ3v) is 5.39. The quantitative estimate of drug-likeness (QED) is 0.312. The summed E-state index contributed by atoms with van der Waals surface area (Å²) in [6, 6.07) is 14.1. The molecule has 1 N–H and O–H groups in total. The smallest absolute Gasteiger partial charge is 0.262 e. The summed E-state index contributed by atoms with van der Waals surface area (Å²) in [5, 5.41) is 4.52. The summed E-state index contributed by atoms with van der Waals surface area (Å²) in [6.07, 6.45) is 0.693. The van der Waals surface area contributed by atoms with Crippen LogP contribution in [0.1, 0.15) is 13.3 Å². The van der Waals surface area contributed by atoms with E-state index in [1.807, 2.05) is 19.1 Å². The maximum atomic E-state index is 12.9. The number of thioether (sulfide) groups is 1. The molecule has 6 nitrogen and oxygen atoms in total. The molecule has 152 valence electrons. The highest BCUT2D eigenvalue weighted by molar-refractivity contribution is 7.99. The van der Waals surface area contributed by atoms with Crippen LogP contribution >= 0.6 is 23.4 Å². The van der Waals surface area contributed by atoms with Gasteiger partial charge in [-0.3, -0.25) is 14.2 Å². The van der Waals surface area contributed by atoms with Crippen LogP contribution in [-0.2, 0) is 16.1 Å². The van der Waals surface area contributed by atoms with E-state index in [1.165, 1.54) is 11.8 Å². The third kappa shape index (κ3) is 5.82. The van der Waals surface area contributed by atoms with Gasteiger partial charge in [-0.2, -0.15) is 0 Å². The summed E-state index contributed by atoms with van der Waals surface area (Å²) in [5.74, 6) is -0.0422. The van der Waals surface area contributed by atoms with E-state index < -0.39 is 0 Å². The van der Waals surface area contributed by atoms with Crippen molar-refractivity contribution in [3.63, 3.8) is 0 Å². The summed E-state index contributed by atoms with van der Waals surface area (Å²) in [5.41, 5.74) is 1.19. The number of hydrogen-bond donors (Lipinski definition) is 1. The maximum absolute atomic E-state index is 12.9. The van der Waals surface area contributed by atoms with E-state index in [-0.39, 0.29) is 17.2 Å². The zero-order valence-electron chi connectivity index (χ0n) is 16.1. The molecule has 0 atom stereocenters. The first-order valence-electron chi connectivity index (χ1n) is 9.34. The van der Waals surface area contributed by atoms with Crippen molar-refractivity contribution in [3.8, 4) is 0 Å². The van der Waals surface area contributed by atoms with Crippen molar-refractivity contribution < 1.29 is 9.53 Å². The normalized spacial score (nSPS) is 11.0. The van der Waals surface area contributed by atoms with E-state index in [0.29, 0.717) is 52.9 Å². The van der Waals surface area contributed by atoms with E-state index in [4.69, 9.17) is 16.3 Å². The Labute approximate surface area is 178 Å². The molecule has 3 rings (SSSR count). The third-order valence-electron chi connectivity index (χ3n) is 4.16. The topological polar surface area (TPSA) is 73.2 Å². The predicted molar refractivity (Wildman–Crippen MR) is 118 cm³/mol. The first-order chi connectivity index (χ1) is 14.1. The van der Waals surface area contributed by atoms with E-state index in [9.17, 15) is 9.59 Å². The van der Waals surface area contributed by atoms with E-state index in [2.05, 4.69) is 10.3 Å². The fourth-order valence-electron chi connectivity index (χ4n) is 2.78. The van der Waals surface area contributed by atoms with Gasteiger partial charge in [0.2, 0.25) is 5.91 Å². The summed E-state index contributed by atoms with van der Waals surface area (Å²) >= 11 is 7.11. The molecule has 0 saturated carbocycles. The molecule has 2 aromatic carbocycles. The molecular weight excluding hydrogens is 410 g/mol. The molecule has 0 spiro atoms. The minimum Gasteiger partial charge on any atom is -0.382 e. The van der Waals surface area contributed by atoms with Crippen LogP contribution in [0.25, 0.3) is 10.9 Å². The number of halogens is 1. The summed E-state index contributed by atoms with van der Waals surface area (Å²) in [7, 11) is 0. The summed E-state index contributed by atoms with van der Waals surface area (Å²) < 4.78 is 7.01. The number of carbonyl (C=O) groups excluding carboxylic acids is 1. The van der Waals surface area contributed by atoms with Gasteiger partial charge < -0.3 is 10.1 Å². The number of anilines is 1. The molecule has 0 bridgehead atoms. The number of fused-ring (bicyclic) bond motifs is 1. The standard InChI is InChI=1S/C21H22ClN3O3S/c1-2-28-13-5-12-25-20(27)17-6-3-4-7-18(17)24-21(25)29-14-19(26)23-16-10-8-15(22)9-11-16/h3-4,6-11H,2,5,12-14H2,1H3,(H,23,26). The van der Waals surface area contributed by atoms with Crippen molar-refractivity contribution >= 4 is 45.9 Å². The SMILES string of the molecule is CCOCCCn1c(SCC(=O)Nc2ccc(Cl)cc2)nc2ccccc2c1=O. The van der Waals surface area contributed by atoms with Gasteiger partial charge in [-0.15, -0.1) is 0 Å². The van der Waals surface area contributed by atoms with Crippen molar-refractivity contribution in [1.29, 1.82) is 0 Å². The van der Waals surface area contributed by atoms with Gasteiger partial charge in [0.05, 0.1) is 16.7 Å². The maximum Gasteiger partial charge on any atom is 0.262 e. The van der Waals surface area contributed by atoms with Crippen molar-refractivity contribution in [2.24, 2.45) is 0 Å². The van der Waals surface area contributed by atoms with Gasteiger partial charge in [-0.1, -0.05) is 35.5 Å². The molecule has 1 amide bonds. The second kappa shape index (κ2) is 10.4. The van der Waals surface area contributed by atoms with Gasteiger partial charge in [0.25, 0.3) is 5.56 Å². The summed E-state index contributed by atoms with van der Waals surface area (Å²) in [6.45, 7) is 3.62. The zero-order chi connectivity index (χ0) is 20.6. The molecule has 8 heteroatoms. The molecule has 29 heavy (non-hydrogen) atoms. The lowest BCUT2D eigenvalue weighted by Crippen LogP contribution is -2.25. The second-order valence-electron chi connectivity index (χ2n) is 6.26. The molecule has 0 aliphatic carbocycles. The van der Waals surface area contributed by atoms with Gasteiger partial charge in [0.1, 0.15) is 0 Å². The number of hydrogen-bond acceptors (Lipinski definition) is 5. The monoisotopic (exact) mass is 431 g/mol. The second-order valence-corrected chi connectivity index (χ2v) is 7.64. The predicted octanol–water partition coefficient (Wildman–Crippen LogP) is 4.21. The number of carbonyl (C=O) groups is 1. The molecule has 3 aromatic rings. The number of rotatable bonds is 9. The highest BCUT2D eigenvalue weighted by Crippen LogP contribution is 2.19. The lowest BCUT2D eigenvalue weighted by Gasteiger charge is -2.13. The minimum absolute atomic E-state index is 0.104. The first kappa shape index (κ1) is 21.4. The van der Waals surface area contributed by atoms with Crippen molar-refractivity contribution in [3.05, 3.63) is 63.9 Å². The van der Waals surface area contributed by atoms with Gasteiger partial charge in [-0.25, -0.2) is 4.98 Å². The number of benzene rings is 2. The average Bonchev–Trinajstić information content (AvgIpc) is 2.73. The van der Waals surface area contributed by atoms with Crippen molar-refractivity contribution in [2.75, 3.05) is 24.3 Å². The Kier molecular flexibility index (Phi) is 7.69. The van der Waals surface area contributed by atoms with Gasteiger partial charge in [-0.05, 0) is 49.7 Å². The number of aromatic nitrogens is 2. The molecule has 0 aliphatic heterocycles. The lowest BCUT2D eigenvalue weighted by molar-refractivity contribution is -0.113. The minimum atomic E-state index is -0.180. The molecule has 0 aliphatic rings. The number of amides is 1. The Morgan fingerprint density at radius 3 is 2.72 bits per heavy atom. The number of para-hydroxylation sites is 1. The van der Waals surface area contributed by atoms with Crippen LogP contribution in [0.5, 0.6) is 0 Å². The van der Waals surface area contributed by atoms with Crippen LogP contribution < -0.4 is 10.9 Å². The van der Waals surface area contributed by atoms with Crippen LogP contribution in [0.2, 0.25) is 5.02 Å². The fourth-order valence-corrected chi connectivity index (χ4v) is 3.74. The highest BCUT2D eigenvalue weighted by Gasteiger charge is 2.13. The van der Waals surface area contributed by atoms with Crippen LogP contribution in [0.4, 0.5) is 5.69 Å². The number of ether oxygens (including phenoxy) is 1. The fraction of sp³-hybridized carbons (Fsp3) is 0.286. The van der Waals surface area contributed by atoms with Gasteiger partial charge >= 0.3 is 0 Å². The largest absolute Gasteiger partial charge is 0.382 e. The lowest BCUT2D eigenvalue weighted by atomic mass is 10.2. The molecule has 1 aromatic heterocycles. The van der Waals surface area contributed by atoms with Gasteiger partial charge in [0.15, 0.2) is 5.16 Å². The Morgan fingerprint density at radius 1 is 1.21 bits per heavy atom. The molecule has 0 radical (unpaired) electrons. The molecular formula is C21H22ClN3O3S. The number of nitrogens with one attached hydrogen (secondary N) is 1. The number of nitrogens with zero attached hydrogens (tertiary/aromatic N) is 2. The van der Waals surface area contributed by atoms with Crippen molar-refractivity contribution in [1.82, 2.24) is 9.55 Å². The molecule has 0 fully saturated rings. The van der Waals surface area contributed by atoms with Gasteiger partial charge in [0, 0.05) is 30.5 Å². The molecule has 1 heterocycles. The van der Waals surface area contributed by atoms with E-state index >= 15 is 0 Å². The Balaban J connectivity index is 1.76. The van der Waals surface area contributed by atoms with Crippen molar-refractivity contribution in [2.45, 2.75) is 25.0 Å². The Hall–Kier alpha value is -2.35. The first-order valence-corrected chi connectivity index (χ1v) is 10.7. The Bertz CT molecular complexity index is 1040. The highest BCUT2D eigenvalue weighted by atomic mass is 35.5. The summed E-state index contributed by atoms with van der Waals surface area (Å²) in [4.78, 5) is 29.9. The van der Waals surface area contributed by atoms with Crippen LogP contribution in [0.3, 0.4) is 0 Å². The Morgan fingerprint density at radius 2 is 1.97 bits per heavy atom. The van der Waals surface area contributed by atoms with Crippen LogP contribution in [-0.4, -0.2) is 34.4 Å². The zero-order valence-corrected chi connectivity index (χ0v) is 17.6. The van der Waals surface area contributed by atoms with E-state index in [1.54, 1.807) is 41.0 Å². The van der Waals surface area contributed by atoms with E-state index in [0.717, 1.165) is 0 Å². The van der Waals surface area contributed by atoms with Crippen LogP contribution in [0.15, 0.2) is 58.5 Å². The average molecular weight is 432 g/mol. The molecule has 0 saturated heterocycles.